The van der Waals surface area contributed by atoms with Crippen LogP contribution in [0.2, 0.25) is 0 Å². The van der Waals surface area contributed by atoms with E-state index >= 15 is 0 Å². The Hall–Kier alpha value is -2.38. The van der Waals surface area contributed by atoms with Crippen molar-refractivity contribution in [1.82, 2.24) is 4.98 Å². The van der Waals surface area contributed by atoms with Crippen LogP contribution in [0.25, 0.3) is 10.2 Å². The minimum absolute atomic E-state index is 0.649. The van der Waals surface area contributed by atoms with Crippen LogP contribution in [0.5, 0.6) is 0 Å². The van der Waals surface area contributed by atoms with Crippen LogP contribution < -0.4 is 5.32 Å². The highest BCUT2D eigenvalue weighted by molar-refractivity contribution is 7.22. The fraction of sp³-hybridized carbons (Fsp3) is 0.125. The van der Waals surface area contributed by atoms with Crippen LogP contribution in [-0.4, -0.2) is 4.98 Å². The number of nitrogens with one attached hydrogen (secondary N) is 1. The fourth-order valence-corrected chi connectivity index (χ4v) is 3.04. The summed E-state index contributed by atoms with van der Waals surface area (Å²) in [4.78, 5) is 4.63. The van der Waals surface area contributed by atoms with E-state index in [-0.39, 0.29) is 0 Å². The Kier molecular flexibility index (Phi) is 3.13. The molecule has 0 aliphatic carbocycles. The molecule has 0 radical (unpaired) electrons. The van der Waals surface area contributed by atoms with Gasteiger partial charge in [-0.2, -0.15) is 5.26 Å². The third-order valence-electron chi connectivity index (χ3n) is 3.23. The maximum absolute atomic E-state index is 8.98. The largest absolute Gasteiger partial charge is 0.331 e. The first-order valence-electron chi connectivity index (χ1n) is 6.31. The molecule has 0 spiro atoms. The van der Waals surface area contributed by atoms with E-state index in [1.165, 1.54) is 10.3 Å². The molecule has 1 aromatic heterocycles. The lowest BCUT2D eigenvalue weighted by atomic mass is 10.1. The molecular formula is C16H13N3S. The summed E-state index contributed by atoms with van der Waals surface area (Å²) >= 11 is 1.62. The van der Waals surface area contributed by atoms with Gasteiger partial charge >= 0.3 is 0 Å². The number of hydrogen-bond donors (Lipinski definition) is 1. The first-order valence-corrected chi connectivity index (χ1v) is 7.13. The Morgan fingerprint density at radius 2 is 2.00 bits per heavy atom. The number of anilines is 2. The van der Waals surface area contributed by atoms with E-state index in [4.69, 9.17) is 5.26 Å². The van der Waals surface area contributed by atoms with Crippen molar-refractivity contribution >= 4 is 32.4 Å². The van der Waals surface area contributed by atoms with Crippen LogP contribution >= 0.6 is 11.3 Å². The van der Waals surface area contributed by atoms with Gasteiger partial charge in [0.2, 0.25) is 0 Å². The number of nitrogens with zero attached hydrogens (tertiary/aromatic N) is 2. The molecule has 0 atom stereocenters. The second-order valence-corrected chi connectivity index (χ2v) is 5.74. The summed E-state index contributed by atoms with van der Waals surface area (Å²) in [6.45, 7) is 4.08. The van der Waals surface area contributed by atoms with Crippen molar-refractivity contribution in [2.75, 3.05) is 5.32 Å². The highest BCUT2D eigenvalue weighted by Gasteiger charge is 2.07. The lowest BCUT2D eigenvalue weighted by Gasteiger charge is -2.06. The third-order valence-corrected chi connectivity index (χ3v) is 4.17. The maximum Gasteiger partial charge on any atom is 0.188 e. The second kappa shape index (κ2) is 4.95. The number of thiazole rings is 1. The first-order chi connectivity index (χ1) is 9.67. The van der Waals surface area contributed by atoms with Crippen molar-refractivity contribution in [2.24, 2.45) is 0 Å². The predicted molar refractivity (Wildman–Crippen MR) is 83.5 cm³/mol. The molecule has 0 aliphatic heterocycles. The lowest BCUT2D eigenvalue weighted by Crippen LogP contribution is -1.93. The standard InChI is InChI=1S/C16H13N3S/c1-10-6-7-12(9-17)8-13(10)18-16-19-15-11(2)4-3-5-14(15)20-16/h3-8H,1-2H3,(H,18,19). The summed E-state index contributed by atoms with van der Waals surface area (Å²) in [6.07, 6.45) is 0. The molecular weight excluding hydrogens is 266 g/mol. The van der Waals surface area contributed by atoms with Gasteiger partial charge in [0, 0.05) is 5.69 Å². The average Bonchev–Trinajstić information content (AvgIpc) is 2.85. The normalized spacial score (nSPS) is 10.4. The molecule has 98 valence electrons. The Bertz CT molecular complexity index is 827. The molecule has 0 saturated heterocycles. The van der Waals surface area contributed by atoms with Gasteiger partial charge in [-0.3, -0.25) is 0 Å². The summed E-state index contributed by atoms with van der Waals surface area (Å²) in [6, 6.07) is 14.0. The van der Waals surface area contributed by atoms with Crippen LogP contribution in [0.3, 0.4) is 0 Å². The second-order valence-electron chi connectivity index (χ2n) is 4.71. The third kappa shape index (κ3) is 2.24. The Morgan fingerprint density at radius 3 is 2.75 bits per heavy atom. The predicted octanol–water partition coefficient (Wildman–Crippen LogP) is 4.53. The molecule has 0 aliphatic rings. The number of fused-ring (bicyclic) bond motifs is 1. The van der Waals surface area contributed by atoms with Crippen molar-refractivity contribution in [3.8, 4) is 6.07 Å². The van der Waals surface area contributed by atoms with Gasteiger partial charge in [-0.25, -0.2) is 4.98 Å². The zero-order valence-electron chi connectivity index (χ0n) is 11.3. The number of rotatable bonds is 2. The first kappa shape index (κ1) is 12.6. The molecule has 3 nitrogen and oxygen atoms in total. The maximum atomic E-state index is 8.98. The summed E-state index contributed by atoms with van der Waals surface area (Å²) < 4.78 is 1.17. The van der Waals surface area contributed by atoms with Crippen molar-refractivity contribution < 1.29 is 0 Å². The minimum atomic E-state index is 0.649. The van der Waals surface area contributed by atoms with E-state index in [2.05, 4.69) is 35.4 Å². The summed E-state index contributed by atoms with van der Waals surface area (Å²) in [5.74, 6) is 0. The van der Waals surface area contributed by atoms with Crippen molar-refractivity contribution in [3.05, 3.63) is 53.1 Å². The zero-order chi connectivity index (χ0) is 14.1. The van der Waals surface area contributed by atoms with Crippen LogP contribution in [0, 0.1) is 25.2 Å². The molecule has 4 heteroatoms. The van der Waals surface area contributed by atoms with Crippen LogP contribution in [0.4, 0.5) is 10.8 Å². The van der Waals surface area contributed by atoms with Gasteiger partial charge in [0.05, 0.1) is 21.8 Å². The average molecular weight is 279 g/mol. The molecule has 20 heavy (non-hydrogen) atoms. The number of hydrogen-bond acceptors (Lipinski definition) is 4. The lowest BCUT2D eigenvalue weighted by molar-refractivity contribution is 1.37. The number of para-hydroxylation sites is 1. The SMILES string of the molecule is Cc1ccc(C#N)cc1Nc1nc2c(C)cccc2s1. The molecule has 2 aromatic carbocycles. The van der Waals surface area contributed by atoms with Crippen LogP contribution in [0.15, 0.2) is 36.4 Å². The van der Waals surface area contributed by atoms with Gasteiger partial charge in [0.25, 0.3) is 0 Å². The van der Waals surface area contributed by atoms with E-state index < -0.39 is 0 Å². The molecule has 3 rings (SSSR count). The fourth-order valence-electron chi connectivity index (χ4n) is 2.08. The monoisotopic (exact) mass is 279 g/mol. The summed E-state index contributed by atoms with van der Waals surface area (Å²) in [5, 5.41) is 13.2. The quantitative estimate of drug-likeness (QED) is 0.749. The van der Waals surface area contributed by atoms with E-state index in [1.54, 1.807) is 11.3 Å². The number of aryl methyl sites for hydroxylation is 2. The van der Waals surface area contributed by atoms with Gasteiger partial charge in [0.1, 0.15) is 0 Å². The number of nitriles is 1. The highest BCUT2D eigenvalue weighted by Crippen LogP contribution is 2.31. The van der Waals surface area contributed by atoms with Gasteiger partial charge in [0.15, 0.2) is 5.13 Å². The number of aromatic nitrogens is 1. The Labute approximate surface area is 121 Å². The van der Waals surface area contributed by atoms with Crippen LogP contribution in [0.1, 0.15) is 16.7 Å². The molecule has 0 unspecified atom stereocenters. The van der Waals surface area contributed by atoms with Crippen molar-refractivity contribution in [3.63, 3.8) is 0 Å². The van der Waals surface area contributed by atoms with Gasteiger partial charge in [-0.1, -0.05) is 29.5 Å². The Balaban J connectivity index is 2.01. The van der Waals surface area contributed by atoms with Gasteiger partial charge in [-0.05, 0) is 43.2 Å². The summed E-state index contributed by atoms with van der Waals surface area (Å²) in [5.41, 5.74) is 4.89. The smallest absolute Gasteiger partial charge is 0.188 e. The van der Waals surface area contributed by atoms with Gasteiger partial charge in [-0.15, -0.1) is 0 Å². The molecule has 1 N–H and O–H groups in total. The highest BCUT2D eigenvalue weighted by atomic mass is 32.1. The van der Waals surface area contributed by atoms with E-state index in [0.717, 1.165) is 21.9 Å². The minimum Gasteiger partial charge on any atom is -0.331 e. The van der Waals surface area contributed by atoms with E-state index in [9.17, 15) is 0 Å². The molecule has 0 bridgehead atoms. The zero-order valence-corrected chi connectivity index (χ0v) is 12.1. The van der Waals surface area contributed by atoms with Crippen molar-refractivity contribution in [1.29, 1.82) is 5.26 Å². The molecule has 0 fully saturated rings. The molecule has 0 saturated carbocycles. The Morgan fingerprint density at radius 1 is 1.15 bits per heavy atom. The molecule has 0 amide bonds. The molecule has 1 heterocycles. The van der Waals surface area contributed by atoms with Crippen molar-refractivity contribution in [2.45, 2.75) is 13.8 Å². The summed E-state index contributed by atoms with van der Waals surface area (Å²) in [7, 11) is 0. The number of benzene rings is 2. The van der Waals surface area contributed by atoms with E-state index in [0.29, 0.717) is 5.56 Å². The van der Waals surface area contributed by atoms with Crippen LogP contribution in [-0.2, 0) is 0 Å². The van der Waals surface area contributed by atoms with E-state index in [1.807, 2.05) is 31.2 Å². The topological polar surface area (TPSA) is 48.7 Å². The van der Waals surface area contributed by atoms with Gasteiger partial charge < -0.3 is 5.32 Å². The molecule has 3 aromatic rings.